The maximum absolute atomic E-state index is 2.51. The molecular weight excluding hydrogens is 607 g/mol. The van der Waals surface area contributed by atoms with Crippen LogP contribution in [-0.4, -0.2) is 8.07 Å². The van der Waals surface area contributed by atoms with Crippen molar-refractivity contribution in [3.8, 4) is 11.1 Å². The van der Waals surface area contributed by atoms with Crippen LogP contribution in [0.4, 0.5) is 0 Å². The van der Waals surface area contributed by atoms with Crippen molar-refractivity contribution in [2.24, 2.45) is 0 Å². The van der Waals surface area contributed by atoms with Gasteiger partial charge in [-0.15, -0.1) is 45.9 Å². The predicted molar refractivity (Wildman–Crippen MR) is 153 cm³/mol. The third-order valence-corrected chi connectivity index (χ3v) is 13.9. The van der Waals surface area contributed by atoms with Crippen molar-refractivity contribution in [1.82, 2.24) is 0 Å². The minimum Gasteiger partial charge on any atom is -1.00 e. The molecule has 37 heavy (non-hydrogen) atoms. The van der Waals surface area contributed by atoms with Crippen LogP contribution in [-0.2, 0) is 26.2 Å². The van der Waals surface area contributed by atoms with E-state index in [0.29, 0.717) is 0 Å². The zero-order chi connectivity index (χ0) is 23.4. The van der Waals surface area contributed by atoms with Gasteiger partial charge in [0.05, 0.1) is 8.07 Å². The molecular formula is C32H35Cl2SSiZr. The zero-order valence-electron chi connectivity index (χ0n) is 22.2. The summed E-state index contributed by atoms with van der Waals surface area (Å²) >= 11 is 1.96. The minimum absolute atomic E-state index is 0. The van der Waals surface area contributed by atoms with Gasteiger partial charge in [-0.2, -0.15) is 6.07 Å². The Balaban J connectivity index is 0.000000217. The van der Waals surface area contributed by atoms with Crippen molar-refractivity contribution in [3.63, 3.8) is 0 Å². The smallest absolute Gasteiger partial charge is 1.00 e. The molecule has 1 unspecified atom stereocenters. The summed E-state index contributed by atoms with van der Waals surface area (Å²) in [6.07, 6.45) is 6.97. The molecule has 1 saturated carbocycles. The molecule has 3 heterocycles. The molecule has 0 amide bonds. The number of hydrogen-bond acceptors (Lipinski definition) is 1. The second kappa shape index (κ2) is 12.1. The van der Waals surface area contributed by atoms with Gasteiger partial charge in [0.15, 0.2) is 0 Å². The Kier molecular flexibility index (Phi) is 10.1. The Morgan fingerprint density at radius 1 is 0.865 bits per heavy atom. The van der Waals surface area contributed by atoms with Crippen LogP contribution in [0.1, 0.15) is 72.1 Å². The fraction of sp³-hybridized carbons (Fsp3) is 0.344. The first-order chi connectivity index (χ1) is 16.4. The fourth-order valence-electron chi connectivity index (χ4n) is 7.10. The number of aryl methyl sites for hydroxylation is 1. The number of benzene rings is 2. The molecule has 0 spiro atoms. The summed E-state index contributed by atoms with van der Waals surface area (Å²) in [6, 6.07) is 22.9. The van der Waals surface area contributed by atoms with Gasteiger partial charge in [0.2, 0.25) is 0 Å². The van der Waals surface area contributed by atoms with Crippen molar-refractivity contribution in [2.75, 3.05) is 0 Å². The van der Waals surface area contributed by atoms with Crippen molar-refractivity contribution >= 4 is 35.4 Å². The molecule has 1 atom stereocenters. The predicted octanol–water partition coefficient (Wildman–Crippen LogP) is 4.01. The van der Waals surface area contributed by atoms with Crippen LogP contribution in [0.2, 0.25) is 13.1 Å². The number of hydrogen-bond donors (Lipinski definition) is 0. The van der Waals surface area contributed by atoms with E-state index < -0.39 is 8.07 Å². The first-order valence-electron chi connectivity index (χ1n) is 13.0. The van der Waals surface area contributed by atoms with Crippen LogP contribution in [0.25, 0.3) is 27.1 Å². The van der Waals surface area contributed by atoms with Crippen molar-refractivity contribution in [3.05, 3.63) is 93.2 Å². The topological polar surface area (TPSA) is 0 Å². The number of thiophene rings is 1. The van der Waals surface area contributed by atoms with Gasteiger partial charge in [0.25, 0.3) is 0 Å². The summed E-state index contributed by atoms with van der Waals surface area (Å²) in [7, 11) is -0.972. The summed E-state index contributed by atoms with van der Waals surface area (Å²) in [5, 5.41) is 6.74. The molecule has 191 valence electrons. The van der Waals surface area contributed by atoms with E-state index in [1.54, 1.807) is 21.2 Å². The van der Waals surface area contributed by atoms with Gasteiger partial charge in [-0.3, -0.25) is 0 Å². The molecule has 0 nitrogen and oxygen atoms in total. The third kappa shape index (κ3) is 5.33. The van der Waals surface area contributed by atoms with Crippen LogP contribution in [0.3, 0.4) is 0 Å². The van der Waals surface area contributed by atoms with Gasteiger partial charge in [-0.05, 0) is 53.8 Å². The standard InChI is InChI=1S/C22H23.C10H12SSi.2ClH.Zr/c1-16-14-20-8-5-9-21(22(20)15-16)19-12-10-18(11-13-19)17-6-3-2-4-7-17;1-6-9-7-4-5-11-8(7)10(6)12(9,2)3;;;/h5,8-15,17H,2-4,6-7H2,1H3;4-5,10H,1-3H3;2*1H;/q-1;;;;+3/p-2. The summed E-state index contributed by atoms with van der Waals surface area (Å²) in [5.41, 5.74) is 9.78. The number of fused-ring (bicyclic) bond motifs is 1. The summed E-state index contributed by atoms with van der Waals surface area (Å²) in [5.74, 6) is 0.791. The molecule has 1 fully saturated rings. The molecule has 2 aliphatic heterocycles. The van der Waals surface area contributed by atoms with Crippen LogP contribution < -0.4 is 24.8 Å². The first-order valence-corrected chi connectivity index (χ1v) is 17.0. The maximum Gasteiger partial charge on any atom is 3.00 e. The van der Waals surface area contributed by atoms with Gasteiger partial charge >= 0.3 is 26.2 Å². The minimum atomic E-state index is -0.972. The van der Waals surface area contributed by atoms with Gasteiger partial charge in [-0.1, -0.05) is 85.9 Å². The van der Waals surface area contributed by atoms with E-state index in [1.165, 1.54) is 65.1 Å². The van der Waals surface area contributed by atoms with Crippen molar-refractivity contribution < 1.29 is 51.0 Å². The zero-order valence-corrected chi connectivity index (χ0v) is 28.0. The van der Waals surface area contributed by atoms with Crippen LogP contribution >= 0.6 is 11.3 Å². The number of halogens is 2. The quantitative estimate of drug-likeness (QED) is 0.230. The molecule has 2 aliphatic carbocycles. The second-order valence-corrected chi connectivity index (χ2v) is 16.7. The average Bonchev–Trinajstić information content (AvgIpc) is 3.56. The first kappa shape index (κ1) is 30.7. The molecule has 0 N–H and O–H groups in total. The van der Waals surface area contributed by atoms with E-state index in [1.807, 2.05) is 11.3 Å². The van der Waals surface area contributed by atoms with E-state index >= 15 is 0 Å². The average molecular weight is 642 g/mol. The molecule has 8 rings (SSSR count). The van der Waals surface area contributed by atoms with E-state index in [9.17, 15) is 0 Å². The molecule has 1 radical (unpaired) electrons. The Morgan fingerprint density at radius 3 is 2.22 bits per heavy atom. The van der Waals surface area contributed by atoms with E-state index in [2.05, 4.69) is 93.0 Å². The normalized spacial score (nSPS) is 19.0. The Morgan fingerprint density at radius 2 is 1.57 bits per heavy atom. The Hall–Kier alpha value is -0.830. The van der Waals surface area contributed by atoms with Crippen LogP contribution in [0, 0.1) is 6.92 Å². The van der Waals surface area contributed by atoms with E-state index in [4.69, 9.17) is 0 Å². The van der Waals surface area contributed by atoms with Crippen molar-refractivity contribution in [2.45, 2.75) is 70.5 Å². The monoisotopic (exact) mass is 639 g/mol. The van der Waals surface area contributed by atoms with Gasteiger partial charge < -0.3 is 24.8 Å². The van der Waals surface area contributed by atoms with Crippen molar-refractivity contribution in [1.29, 1.82) is 0 Å². The molecule has 0 saturated heterocycles. The van der Waals surface area contributed by atoms with Gasteiger partial charge in [0, 0.05) is 10.4 Å². The van der Waals surface area contributed by atoms with E-state index in [-0.39, 0.29) is 51.0 Å². The fourth-order valence-corrected chi connectivity index (χ4v) is 13.4. The SMILES string of the molecule is CC1=C2c3ccsc3C1[Si]2(C)C.Cc1cc2c(-c3ccc(C4CCCCC4)cc3)cccc2[cH-]1.[Cl-].[Cl-].[Zr+3]. The van der Waals surface area contributed by atoms with Gasteiger partial charge in [-0.25, -0.2) is 0 Å². The molecule has 4 aliphatic rings. The molecule has 5 heteroatoms. The molecule has 3 aromatic carbocycles. The largest absolute Gasteiger partial charge is 3.00 e. The second-order valence-electron chi connectivity index (χ2n) is 11.2. The summed E-state index contributed by atoms with van der Waals surface area (Å²) in [6.45, 7) is 9.51. The van der Waals surface area contributed by atoms with Crippen LogP contribution in [0.15, 0.2) is 71.6 Å². The number of allylic oxidation sites excluding steroid dienone is 1. The third-order valence-electron chi connectivity index (χ3n) is 8.61. The Labute approximate surface area is 259 Å². The molecule has 1 aromatic heterocycles. The maximum atomic E-state index is 2.51. The molecule has 2 bridgehead atoms. The Bertz CT molecular complexity index is 1390. The van der Waals surface area contributed by atoms with Crippen LogP contribution in [0.5, 0.6) is 0 Å². The van der Waals surface area contributed by atoms with E-state index in [0.717, 1.165) is 11.5 Å². The molecule has 4 aromatic rings. The summed E-state index contributed by atoms with van der Waals surface area (Å²) in [4.78, 5) is 1.68. The summed E-state index contributed by atoms with van der Waals surface area (Å²) < 4.78 is 0. The number of rotatable bonds is 2. The van der Waals surface area contributed by atoms with Gasteiger partial charge in [0.1, 0.15) is 0 Å².